The Hall–Kier alpha value is -4.71. The first-order valence-electron chi connectivity index (χ1n) is 10.6. The molecule has 0 bridgehead atoms. The molecule has 0 spiro atoms. The lowest BCUT2D eigenvalue weighted by molar-refractivity contribution is -0.385. The molecular weight excluding hydrogens is 548 g/mol. The molecule has 37 heavy (non-hydrogen) atoms. The number of benzene rings is 3. The van der Waals surface area contributed by atoms with Crippen LogP contribution in [0.3, 0.4) is 0 Å². The van der Waals surface area contributed by atoms with Gasteiger partial charge >= 0.3 is 5.69 Å². The lowest BCUT2D eigenvalue weighted by Gasteiger charge is -2.11. The summed E-state index contributed by atoms with van der Waals surface area (Å²) in [6.45, 7) is 1.51. The minimum Gasteiger partial charge on any atom is -0.507 e. The van der Waals surface area contributed by atoms with Gasteiger partial charge in [-0.3, -0.25) is 19.7 Å². The Balaban J connectivity index is 1.96. The number of ether oxygens (including phenoxy) is 1. The highest BCUT2D eigenvalue weighted by molar-refractivity contribution is 9.10. The Morgan fingerprint density at radius 3 is 2.43 bits per heavy atom. The summed E-state index contributed by atoms with van der Waals surface area (Å²) in [5, 5.41) is 37.7. The number of hydrazone groups is 1. The van der Waals surface area contributed by atoms with Gasteiger partial charge in [-0.1, -0.05) is 24.3 Å². The van der Waals surface area contributed by atoms with E-state index in [1.807, 2.05) is 0 Å². The molecule has 0 aliphatic rings. The highest BCUT2D eigenvalue weighted by atomic mass is 79.9. The van der Waals surface area contributed by atoms with Gasteiger partial charge in [0.2, 0.25) is 0 Å². The number of carbonyl (C=O) groups excluding carboxylic acids is 2. The van der Waals surface area contributed by atoms with E-state index < -0.39 is 16.7 Å². The van der Waals surface area contributed by atoms with Gasteiger partial charge in [0.05, 0.1) is 22.2 Å². The first kappa shape index (κ1) is 26.9. The zero-order valence-corrected chi connectivity index (χ0v) is 21.1. The molecule has 3 rings (SSSR count). The number of phenols is 2. The number of hydrogen-bond donors (Lipinski definition) is 4. The molecule has 0 unspecified atom stereocenters. The zero-order chi connectivity index (χ0) is 27.1. The van der Waals surface area contributed by atoms with E-state index in [1.54, 1.807) is 30.3 Å². The number of nitro groups is 1. The van der Waals surface area contributed by atoms with E-state index in [9.17, 15) is 29.9 Å². The Morgan fingerprint density at radius 2 is 1.78 bits per heavy atom. The van der Waals surface area contributed by atoms with Crippen LogP contribution in [-0.4, -0.2) is 39.8 Å². The average molecular weight is 569 g/mol. The van der Waals surface area contributed by atoms with E-state index >= 15 is 0 Å². The van der Waals surface area contributed by atoms with Crippen molar-refractivity contribution in [3.63, 3.8) is 0 Å². The third-order valence-electron chi connectivity index (χ3n) is 5.02. The van der Waals surface area contributed by atoms with Crippen LogP contribution in [0.2, 0.25) is 0 Å². The second-order valence-electron chi connectivity index (χ2n) is 7.53. The van der Waals surface area contributed by atoms with Crippen molar-refractivity contribution >= 4 is 45.2 Å². The maximum absolute atomic E-state index is 13.0. The van der Waals surface area contributed by atoms with Gasteiger partial charge < -0.3 is 20.3 Å². The largest absolute Gasteiger partial charge is 0.507 e. The van der Waals surface area contributed by atoms with Crippen LogP contribution in [0.15, 0.2) is 75.9 Å². The Kier molecular flexibility index (Phi) is 8.59. The SMILES string of the molecule is COc1ccc(/C=C(\NC(=O)c2ccccc2)C(=O)N/N=C(/C)c2cc(Br)c(O)cc2O)cc1[N+](=O)[O-]. The number of phenolic OH excluding ortho intramolecular Hbond substituents is 2. The normalized spacial score (nSPS) is 11.5. The standard InChI is InChI=1S/C25H21BrN4O7/c1-14(17-12-18(26)22(32)13-21(17)31)28-29-25(34)19(27-24(33)16-6-4-3-5-7-16)10-15-8-9-23(37-2)20(11-15)30(35)36/h3-13,31-32H,1-2H3,(H,27,33)(H,29,34)/b19-10-,28-14-. The quantitative estimate of drug-likeness (QED) is 0.137. The minimum absolute atomic E-state index is 0.0292. The lowest BCUT2D eigenvalue weighted by Crippen LogP contribution is -2.33. The van der Waals surface area contributed by atoms with Crippen molar-refractivity contribution in [2.45, 2.75) is 6.92 Å². The molecule has 11 nitrogen and oxygen atoms in total. The molecule has 12 heteroatoms. The molecule has 3 aromatic rings. The van der Waals surface area contributed by atoms with Crippen molar-refractivity contribution in [2.75, 3.05) is 7.11 Å². The lowest BCUT2D eigenvalue weighted by atomic mass is 10.1. The van der Waals surface area contributed by atoms with E-state index in [4.69, 9.17) is 4.74 Å². The summed E-state index contributed by atoms with van der Waals surface area (Å²) in [7, 11) is 1.29. The number of methoxy groups -OCH3 is 1. The number of halogens is 1. The minimum atomic E-state index is -0.834. The highest BCUT2D eigenvalue weighted by Gasteiger charge is 2.18. The van der Waals surface area contributed by atoms with Gasteiger partial charge in [0.25, 0.3) is 11.8 Å². The van der Waals surface area contributed by atoms with Crippen LogP contribution in [0.5, 0.6) is 17.2 Å². The number of hydrogen-bond acceptors (Lipinski definition) is 8. The van der Waals surface area contributed by atoms with Gasteiger partial charge in [0, 0.05) is 23.3 Å². The number of rotatable bonds is 8. The molecule has 0 aliphatic carbocycles. The fraction of sp³-hybridized carbons (Fsp3) is 0.0800. The first-order valence-corrected chi connectivity index (χ1v) is 11.4. The molecule has 0 saturated carbocycles. The van der Waals surface area contributed by atoms with Crippen molar-refractivity contribution in [1.29, 1.82) is 0 Å². The Morgan fingerprint density at radius 1 is 1.08 bits per heavy atom. The summed E-state index contributed by atoms with van der Waals surface area (Å²) in [4.78, 5) is 36.5. The van der Waals surface area contributed by atoms with Gasteiger partial charge in [-0.15, -0.1) is 0 Å². The number of nitrogens with one attached hydrogen (secondary N) is 2. The second-order valence-corrected chi connectivity index (χ2v) is 8.38. The fourth-order valence-corrected chi connectivity index (χ4v) is 3.49. The van der Waals surface area contributed by atoms with Crippen LogP contribution in [0.1, 0.15) is 28.4 Å². The molecule has 4 N–H and O–H groups in total. The van der Waals surface area contributed by atoms with Crippen molar-refractivity contribution in [3.05, 3.63) is 97.6 Å². The molecular formula is C25H21BrN4O7. The number of amides is 2. The van der Waals surface area contributed by atoms with Crippen molar-refractivity contribution in [3.8, 4) is 17.2 Å². The molecule has 0 atom stereocenters. The molecule has 0 fully saturated rings. The third kappa shape index (κ3) is 6.70. The van der Waals surface area contributed by atoms with Gasteiger partial charge in [-0.2, -0.15) is 5.10 Å². The van der Waals surface area contributed by atoms with Crippen LogP contribution in [0.25, 0.3) is 6.08 Å². The molecule has 0 heterocycles. The van der Waals surface area contributed by atoms with E-state index in [1.165, 1.54) is 44.4 Å². The monoisotopic (exact) mass is 568 g/mol. The van der Waals surface area contributed by atoms with Crippen LogP contribution < -0.4 is 15.5 Å². The maximum atomic E-state index is 13.0. The average Bonchev–Trinajstić information content (AvgIpc) is 2.89. The predicted molar refractivity (Wildman–Crippen MR) is 139 cm³/mol. The molecule has 3 aromatic carbocycles. The van der Waals surface area contributed by atoms with Crippen LogP contribution >= 0.6 is 15.9 Å². The number of carbonyl (C=O) groups is 2. The van der Waals surface area contributed by atoms with Gasteiger partial charge in [-0.05, 0) is 58.8 Å². The number of nitrogens with zero attached hydrogens (tertiary/aromatic N) is 2. The smallest absolute Gasteiger partial charge is 0.311 e. The summed E-state index contributed by atoms with van der Waals surface area (Å²) in [5.41, 5.74) is 2.67. The molecule has 0 radical (unpaired) electrons. The van der Waals surface area contributed by atoms with E-state index in [-0.39, 0.29) is 51.0 Å². The topological polar surface area (TPSA) is 163 Å². The summed E-state index contributed by atoms with van der Waals surface area (Å²) in [6.07, 6.45) is 1.25. The van der Waals surface area contributed by atoms with Crippen molar-refractivity contribution in [2.24, 2.45) is 5.10 Å². The maximum Gasteiger partial charge on any atom is 0.311 e. The summed E-state index contributed by atoms with van der Waals surface area (Å²) in [5.74, 6) is -1.85. The van der Waals surface area contributed by atoms with Gasteiger partial charge in [-0.25, -0.2) is 5.43 Å². The molecule has 190 valence electrons. The number of aromatic hydroxyl groups is 2. The Bertz CT molecular complexity index is 1420. The number of nitro benzene ring substituents is 1. The third-order valence-corrected chi connectivity index (χ3v) is 5.65. The summed E-state index contributed by atoms with van der Waals surface area (Å²) in [6, 6.07) is 14.7. The van der Waals surface area contributed by atoms with Crippen LogP contribution in [-0.2, 0) is 4.79 Å². The van der Waals surface area contributed by atoms with Gasteiger partial charge in [0.1, 0.15) is 17.2 Å². The highest BCUT2D eigenvalue weighted by Crippen LogP contribution is 2.31. The second kappa shape index (κ2) is 11.8. The van der Waals surface area contributed by atoms with E-state index in [2.05, 4.69) is 31.8 Å². The van der Waals surface area contributed by atoms with Gasteiger partial charge in [0.15, 0.2) is 5.75 Å². The van der Waals surface area contributed by atoms with Crippen molar-refractivity contribution in [1.82, 2.24) is 10.7 Å². The summed E-state index contributed by atoms with van der Waals surface area (Å²) < 4.78 is 5.30. The molecule has 2 amide bonds. The molecule has 0 aliphatic heterocycles. The van der Waals surface area contributed by atoms with E-state index in [0.717, 1.165) is 6.07 Å². The summed E-state index contributed by atoms with van der Waals surface area (Å²) >= 11 is 3.15. The Labute approximate surface area is 219 Å². The first-order chi connectivity index (χ1) is 17.6. The van der Waals surface area contributed by atoms with Crippen LogP contribution in [0.4, 0.5) is 5.69 Å². The van der Waals surface area contributed by atoms with Crippen molar-refractivity contribution < 1.29 is 29.5 Å². The van der Waals surface area contributed by atoms with E-state index in [0.29, 0.717) is 4.47 Å². The molecule has 0 aromatic heterocycles. The fourth-order valence-electron chi connectivity index (χ4n) is 3.14. The molecule has 0 saturated heterocycles. The van der Waals surface area contributed by atoms with Crippen LogP contribution in [0, 0.1) is 10.1 Å². The predicted octanol–water partition coefficient (Wildman–Crippen LogP) is 4.09. The zero-order valence-electron chi connectivity index (χ0n) is 19.6.